The molecule has 0 aromatic heterocycles. The molecule has 1 aromatic carbocycles. The van der Waals surface area contributed by atoms with Gasteiger partial charge in [-0.15, -0.1) is 0 Å². The van der Waals surface area contributed by atoms with Crippen LogP contribution in [0.2, 0.25) is 0 Å². The number of benzene rings is 1. The minimum atomic E-state index is -0.830. The summed E-state index contributed by atoms with van der Waals surface area (Å²) in [5, 5.41) is 12.0. The largest absolute Gasteiger partial charge is 0.481 e. The van der Waals surface area contributed by atoms with Crippen molar-refractivity contribution in [3.05, 3.63) is 35.9 Å². The lowest BCUT2D eigenvalue weighted by Crippen LogP contribution is -2.46. The number of urea groups is 1. The number of carbonyl (C=O) groups is 2. The molecule has 5 nitrogen and oxygen atoms in total. The third kappa shape index (κ3) is 6.52. The summed E-state index contributed by atoms with van der Waals surface area (Å²) in [7, 11) is 0. The van der Waals surface area contributed by atoms with E-state index in [1.165, 1.54) is 0 Å². The van der Waals surface area contributed by atoms with E-state index >= 15 is 0 Å². The Labute approximate surface area is 141 Å². The van der Waals surface area contributed by atoms with Crippen molar-refractivity contribution in [3.63, 3.8) is 0 Å². The number of carboxylic acids is 1. The maximum atomic E-state index is 12.5. The fraction of sp³-hybridized carbons (Fsp3) is 0.529. The molecule has 1 heterocycles. The van der Waals surface area contributed by atoms with Crippen LogP contribution in [0.25, 0.3) is 0 Å². The lowest BCUT2D eigenvalue weighted by molar-refractivity contribution is -0.137. The van der Waals surface area contributed by atoms with E-state index in [4.69, 9.17) is 5.11 Å². The lowest BCUT2D eigenvalue weighted by atomic mass is 10.0. The van der Waals surface area contributed by atoms with Gasteiger partial charge in [-0.2, -0.15) is 11.8 Å². The second-order valence-corrected chi connectivity index (χ2v) is 6.95. The summed E-state index contributed by atoms with van der Waals surface area (Å²) in [5.41, 5.74) is 1.11. The van der Waals surface area contributed by atoms with Crippen LogP contribution in [-0.2, 0) is 11.2 Å². The average Bonchev–Trinajstić information content (AvgIpc) is 2.83. The molecule has 1 saturated heterocycles. The average molecular weight is 336 g/mol. The van der Waals surface area contributed by atoms with Gasteiger partial charge in [-0.25, -0.2) is 4.79 Å². The summed E-state index contributed by atoms with van der Waals surface area (Å²) >= 11 is 1.87. The SMILES string of the molecule is O=C(O)CCC(Cc1ccccc1)NC(=O)N1CCCSCC1. The normalized spacial score (nSPS) is 16.4. The second-order valence-electron chi connectivity index (χ2n) is 5.72. The zero-order valence-corrected chi connectivity index (χ0v) is 14.1. The molecule has 0 radical (unpaired) electrons. The summed E-state index contributed by atoms with van der Waals surface area (Å²) in [4.78, 5) is 25.2. The number of carboxylic acid groups (broad SMARTS) is 1. The van der Waals surface area contributed by atoms with Crippen LogP contribution in [0.1, 0.15) is 24.8 Å². The monoisotopic (exact) mass is 336 g/mol. The number of hydrogen-bond donors (Lipinski definition) is 2. The first-order valence-corrected chi connectivity index (χ1v) is 9.19. The highest BCUT2D eigenvalue weighted by Gasteiger charge is 2.20. The molecular weight excluding hydrogens is 312 g/mol. The molecule has 2 N–H and O–H groups in total. The van der Waals surface area contributed by atoms with Gasteiger partial charge in [0.05, 0.1) is 0 Å². The van der Waals surface area contributed by atoms with E-state index in [0.29, 0.717) is 12.8 Å². The molecule has 1 aliphatic rings. The van der Waals surface area contributed by atoms with Gasteiger partial charge in [0.2, 0.25) is 0 Å². The van der Waals surface area contributed by atoms with Gasteiger partial charge in [0.25, 0.3) is 0 Å². The number of nitrogens with zero attached hydrogens (tertiary/aromatic N) is 1. The number of rotatable bonds is 6. The van der Waals surface area contributed by atoms with E-state index in [0.717, 1.165) is 36.6 Å². The van der Waals surface area contributed by atoms with Crippen molar-refractivity contribution in [1.82, 2.24) is 10.2 Å². The van der Waals surface area contributed by atoms with E-state index in [1.54, 1.807) is 0 Å². The predicted octanol–water partition coefficient (Wildman–Crippen LogP) is 2.61. The quantitative estimate of drug-likeness (QED) is 0.838. The highest BCUT2D eigenvalue weighted by Crippen LogP contribution is 2.12. The Kier molecular flexibility index (Phi) is 7.26. The standard InChI is InChI=1S/C17H24N2O3S/c20-16(21)8-7-15(13-14-5-2-1-3-6-14)18-17(22)19-9-4-11-23-12-10-19/h1-3,5-6,15H,4,7-13H2,(H,18,22)(H,20,21). The van der Waals surface area contributed by atoms with Crippen molar-refractivity contribution in [3.8, 4) is 0 Å². The third-order valence-corrected chi connectivity index (χ3v) is 4.92. The molecule has 2 rings (SSSR count). The number of aliphatic carboxylic acids is 1. The molecule has 1 aliphatic heterocycles. The van der Waals surface area contributed by atoms with E-state index in [2.05, 4.69) is 5.32 Å². The fourth-order valence-electron chi connectivity index (χ4n) is 2.64. The molecule has 0 aliphatic carbocycles. The maximum absolute atomic E-state index is 12.5. The summed E-state index contributed by atoms with van der Waals surface area (Å²) in [6, 6.07) is 9.64. The molecule has 0 bridgehead atoms. The van der Waals surface area contributed by atoms with Gasteiger partial charge >= 0.3 is 12.0 Å². The van der Waals surface area contributed by atoms with Crippen LogP contribution in [-0.4, -0.2) is 52.6 Å². The van der Waals surface area contributed by atoms with E-state index < -0.39 is 5.97 Å². The van der Waals surface area contributed by atoms with Crippen molar-refractivity contribution >= 4 is 23.8 Å². The van der Waals surface area contributed by atoms with Crippen molar-refractivity contribution in [2.75, 3.05) is 24.6 Å². The molecule has 6 heteroatoms. The Hall–Kier alpha value is -1.69. The molecule has 126 valence electrons. The van der Waals surface area contributed by atoms with Gasteiger partial charge in [0.15, 0.2) is 0 Å². The topological polar surface area (TPSA) is 69.6 Å². The van der Waals surface area contributed by atoms with E-state index in [1.807, 2.05) is 47.0 Å². The molecule has 23 heavy (non-hydrogen) atoms. The summed E-state index contributed by atoms with van der Waals surface area (Å²) < 4.78 is 0. The highest BCUT2D eigenvalue weighted by molar-refractivity contribution is 7.99. The molecule has 1 aromatic rings. The molecular formula is C17H24N2O3S. The Bertz CT molecular complexity index is 502. The molecule has 0 saturated carbocycles. The molecule has 2 amide bonds. The zero-order valence-electron chi connectivity index (χ0n) is 13.2. The maximum Gasteiger partial charge on any atom is 0.317 e. The summed E-state index contributed by atoms with van der Waals surface area (Å²) in [5.74, 6) is 1.23. The lowest BCUT2D eigenvalue weighted by Gasteiger charge is -2.25. The van der Waals surface area contributed by atoms with Crippen LogP contribution in [0.5, 0.6) is 0 Å². The molecule has 1 unspecified atom stereocenters. The molecule has 1 atom stereocenters. The van der Waals surface area contributed by atoms with Crippen molar-refractivity contribution in [2.45, 2.75) is 31.7 Å². The number of carbonyl (C=O) groups excluding carboxylic acids is 1. The van der Waals surface area contributed by atoms with Crippen LogP contribution in [0, 0.1) is 0 Å². The van der Waals surface area contributed by atoms with E-state index in [9.17, 15) is 9.59 Å². The Morgan fingerprint density at radius 2 is 2.00 bits per heavy atom. The summed E-state index contributed by atoms with van der Waals surface area (Å²) in [6.45, 7) is 1.53. The Morgan fingerprint density at radius 1 is 1.22 bits per heavy atom. The van der Waals surface area contributed by atoms with Crippen LogP contribution in [0.3, 0.4) is 0 Å². The first-order chi connectivity index (χ1) is 11.1. The number of thioether (sulfide) groups is 1. The van der Waals surface area contributed by atoms with Gasteiger partial charge in [-0.1, -0.05) is 30.3 Å². The van der Waals surface area contributed by atoms with Gasteiger partial charge in [-0.3, -0.25) is 4.79 Å². The third-order valence-electron chi connectivity index (χ3n) is 3.87. The van der Waals surface area contributed by atoms with Crippen LogP contribution in [0.15, 0.2) is 30.3 Å². The zero-order chi connectivity index (χ0) is 16.5. The Morgan fingerprint density at radius 3 is 2.74 bits per heavy atom. The van der Waals surface area contributed by atoms with Crippen LogP contribution >= 0.6 is 11.8 Å². The van der Waals surface area contributed by atoms with Gasteiger partial charge in [-0.05, 0) is 30.6 Å². The van der Waals surface area contributed by atoms with Crippen molar-refractivity contribution < 1.29 is 14.7 Å². The second kappa shape index (κ2) is 9.45. The Balaban J connectivity index is 1.94. The number of hydrogen-bond acceptors (Lipinski definition) is 3. The number of nitrogens with one attached hydrogen (secondary N) is 1. The predicted molar refractivity (Wildman–Crippen MR) is 92.9 cm³/mol. The van der Waals surface area contributed by atoms with Gasteiger partial charge in [0, 0.05) is 31.3 Å². The highest BCUT2D eigenvalue weighted by atomic mass is 32.2. The fourth-order valence-corrected chi connectivity index (χ4v) is 3.52. The van der Waals surface area contributed by atoms with Crippen LogP contribution in [0.4, 0.5) is 4.79 Å². The minimum absolute atomic E-state index is 0.0631. The van der Waals surface area contributed by atoms with E-state index in [-0.39, 0.29) is 18.5 Å². The minimum Gasteiger partial charge on any atom is -0.481 e. The number of amides is 2. The van der Waals surface area contributed by atoms with Crippen molar-refractivity contribution in [1.29, 1.82) is 0 Å². The first-order valence-electron chi connectivity index (χ1n) is 8.04. The van der Waals surface area contributed by atoms with Gasteiger partial charge in [0.1, 0.15) is 0 Å². The van der Waals surface area contributed by atoms with Gasteiger partial charge < -0.3 is 15.3 Å². The molecule has 1 fully saturated rings. The van der Waals surface area contributed by atoms with Crippen LogP contribution < -0.4 is 5.32 Å². The smallest absolute Gasteiger partial charge is 0.317 e. The summed E-state index contributed by atoms with van der Waals surface area (Å²) in [6.07, 6.45) is 2.17. The van der Waals surface area contributed by atoms with Crippen molar-refractivity contribution in [2.24, 2.45) is 0 Å². The molecule has 0 spiro atoms. The first kappa shape index (κ1) is 17.7.